The Balaban J connectivity index is 1.61. The van der Waals surface area contributed by atoms with Crippen LogP contribution < -0.4 is 15.2 Å². The summed E-state index contributed by atoms with van der Waals surface area (Å²) >= 11 is 12.2. The van der Waals surface area contributed by atoms with Crippen molar-refractivity contribution in [2.75, 3.05) is 18.0 Å². The lowest BCUT2D eigenvalue weighted by atomic mass is 10.0. The minimum Gasteiger partial charge on any atom is -0.490 e. The molecule has 0 bridgehead atoms. The number of hydrogen-bond acceptors (Lipinski definition) is 6. The van der Waals surface area contributed by atoms with Crippen molar-refractivity contribution in [1.29, 1.82) is 10.5 Å². The molecule has 156 valence electrons. The predicted octanol–water partition coefficient (Wildman–Crippen LogP) is 4.03. The third-order valence-electron chi connectivity index (χ3n) is 5.41. The first-order chi connectivity index (χ1) is 14.9. The van der Waals surface area contributed by atoms with Crippen LogP contribution in [0.5, 0.6) is 5.75 Å². The molecule has 0 N–H and O–H groups in total. The fraction of sp³-hybridized carbons (Fsp3) is 0.273. The molecule has 31 heavy (non-hydrogen) atoms. The molecular formula is C22H17Cl2N5O2. The normalized spacial score (nSPS) is 14.3. The van der Waals surface area contributed by atoms with Gasteiger partial charge in [-0.15, -0.1) is 0 Å². The molecule has 1 fully saturated rings. The van der Waals surface area contributed by atoms with Gasteiger partial charge in [0.2, 0.25) is 0 Å². The van der Waals surface area contributed by atoms with Gasteiger partial charge in [0.15, 0.2) is 0 Å². The van der Waals surface area contributed by atoms with Crippen molar-refractivity contribution in [1.82, 2.24) is 9.55 Å². The zero-order chi connectivity index (χ0) is 22.1. The molecule has 0 spiro atoms. The zero-order valence-electron chi connectivity index (χ0n) is 16.6. The molecule has 7 nitrogen and oxygen atoms in total. The molecule has 0 saturated carbocycles. The lowest BCUT2D eigenvalue weighted by Crippen LogP contribution is -2.40. The number of hydrogen-bond donors (Lipinski definition) is 0. The summed E-state index contributed by atoms with van der Waals surface area (Å²) in [5, 5.41) is 19.3. The standard InChI is InChI=1S/C22H17Cl2N5O2/c1-28-18-4-5-19(24)27-20(18)21(16(12-26)22(28)30)29-8-6-14(7-9-29)31-15-3-2-13(11-25)17(23)10-15/h2-5,10,14H,6-9H2,1H3. The van der Waals surface area contributed by atoms with Gasteiger partial charge in [-0.3, -0.25) is 4.79 Å². The molecule has 0 amide bonds. The molecule has 3 heterocycles. The van der Waals surface area contributed by atoms with E-state index in [-0.39, 0.29) is 17.2 Å². The molecule has 0 aliphatic carbocycles. The fourth-order valence-electron chi connectivity index (χ4n) is 3.83. The highest BCUT2D eigenvalue weighted by atomic mass is 35.5. The zero-order valence-corrected chi connectivity index (χ0v) is 18.1. The largest absolute Gasteiger partial charge is 0.490 e. The van der Waals surface area contributed by atoms with Crippen LogP contribution >= 0.6 is 23.2 Å². The van der Waals surface area contributed by atoms with Crippen molar-refractivity contribution in [2.24, 2.45) is 7.05 Å². The van der Waals surface area contributed by atoms with Crippen LogP contribution in [0.4, 0.5) is 5.69 Å². The van der Waals surface area contributed by atoms with E-state index in [9.17, 15) is 10.1 Å². The molecule has 4 rings (SSSR count). The maximum atomic E-state index is 12.7. The Labute approximate surface area is 188 Å². The average molecular weight is 454 g/mol. The van der Waals surface area contributed by atoms with Gasteiger partial charge in [-0.1, -0.05) is 23.2 Å². The summed E-state index contributed by atoms with van der Waals surface area (Å²) in [5.74, 6) is 0.604. The van der Waals surface area contributed by atoms with Gasteiger partial charge in [0.25, 0.3) is 5.56 Å². The third-order valence-corrected chi connectivity index (χ3v) is 5.94. The Morgan fingerprint density at radius 3 is 2.52 bits per heavy atom. The SMILES string of the molecule is Cn1c(=O)c(C#N)c(N2CCC(Oc3ccc(C#N)c(Cl)c3)CC2)c2nc(Cl)ccc21. The second-order valence-corrected chi connectivity index (χ2v) is 8.05. The van der Waals surface area contributed by atoms with Gasteiger partial charge in [-0.25, -0.2) is 4.98 Å². The third kappa shape index (κ3) is 3.90. The maximum absolute atomic E-state index is 12.7. The highest BCUT2D eigenvalue weighted by molar-refractivity contribution is 6.31. The monoisotopic (exact) mass is 453 g/mol. The first-order valence-electron chi connectivity index (χ1n) is 9.63. The van der Waals surface area contributed by atoms with Gasteiger partial charge in [-0.05, 0) is 24.3 Å². The van der Waals surface area contributed by atoms with E-state index >= 15 is 0 Å². The molecule has 3 aromatic rings. The Morgan fingerprint density at radius 2 is 1.87 bits per heavy atom. The summed E-state index contributed by atoms with van der Waals surface area (Å²) in [7, 11) is 1.62. The Hall–Kier alpha value is -3.26. The van der Waals surface area contributed by atoms with Gasteiger partial charge in [0.1, 0.15) is 40.2 Å². The smallest absolute Gasteiger partial charge is 0.270 e. The number of pyridine rings is 2. The van der Waals surface area contributed by atoms with E-state index in [0.717, 1.165) is 0 Å². The number of fused-ring (bicyclic) bond motifs is 1. The minimum absolute atomic E-state index is 0.0554. The second kappa shape index (κ2) is 8.47. The molecule has 1 aromatic carbocycles. The van der Waals surface area contributed by atoms with Gasteiger partial charge in [0, 0.05) is 39.0 Å². The van der Waals surface area contributed by atoms with Crippen molar-refractivity contribution >= 4 is 39.9 Å². The van der Waals surface area contributed by atoms with E-state index in [2.05, 4.69) is 11.1 Å². The summed E-state index contributed by atoms with van der Waals surface area (Å²) in [6.07, 6.45) is 1.31. The molecule has 0 atom stereocenters. The lowest BCUT2D eigenvalue weighted by Gasteiger charge is -2.34. The van der Waals surface area contributed by atoms with Crippen LogP contribution in [-0.4, -0.2) is 28.7 Å². The number of ether oxygens (including phenoxy) is 1. The highest BCUT2D eigenvalue weighted by Gasteiger charge is 2.27. The van der Waals surface area contributed by atoms with E-state index in [0.29, 0.717) is 64.1 Å². The molecule has 1 aliphatic heterocycles. The van der Waals surface area contributed by atoms with E-state index in [1.807, 2.05) is 11.0 Å². The van der Waals surface area contributed by atoms with Crippen molar-refractivity contribution in [3.05, 3.63) is 62.0 Å². The molecule has 9 heteroatoms. The number of rotatable bonds is 3. The predicted molar refractivity (Wildman–Crippen MR) is 119 cm³/mol. The molecule has 1 aliphatic rings. The number of halogens is 2. The summed E-state index contributed by atoms with van der Waals surface area (Å²) in [5.41, 5.74) is 1.76. The number of aromatic nitrogens is 2. The van der Waals surface area contributed by atoms with Crippen molar-refractivity contribution < 1.29 is 4.74 Å². The molecule has 0 unspecified atom stereocenters. The summed E-state index contributed by atoms with van der Waals surface area (Å²) in [6, 6.07) is 12.4. The van der Waals surface area contributed by atoms with E-state index < -0.39 is 0 Å². The molecule has 0 radical (unpaired) electrons. The van der Waals surface area contributed by atoms with Crippen LogP contribution in [0.15, 0.2) is 35.1 Å². The van der Waals surface area contributed by atoms with E-state index in [1.54, 1.807) is 37.4 Å². The van der Waals surface area contributed by atoms with E-state index in [4.69, 9.17) is 33.2 Å². The van der Waals surface area contributed by atoms with Crippen molar-refractivity contribution in [3.63, 3.8) is 0 Å². The fourth-order valence-corrected chi connectivity index (χ4v) is 4.19. The van der Waals surface area contributed by atoms with Gasteiger partial charge in [0.05, 0.1) is 21.8 Å². The first kappa shape index (κ1) is 21.0. The number of anilines is 1. The summed E-state index contributed by atoms with van der Waals surface area (Å²) in [6.45, 7) is 1.17. The van der Waals surface area contributed by atoms with Crippen molar-refractivity contribution in [3.8, 4) is 17.9 Å². The van der Waals surface area contributed by atoms with Gasteiger partial charge < -0.3 is 14.2 Å². The van der Waals surface area contributed by atoms with Crippen LogP contribution in [0.2, 0.25) is 10.2 Å². The van der Waals surface area contributed by atoms with Crippen molar-refractivity contribution in [2.45, 2.75) is 18.9 Å². The number of nitriles is 2. The molecule has 1 saturated heterocycles. The summed E-state index contributed by atoms with van der Waals surface area (Å²) < 4.78 is 7.46. The minimum atomic E-state index is -0.361. The van der Waals surface area contributed by atoms with Gasteiger partial charge in [-0.2, -0.15) is 10.5 Å². The second-order valence-electron chi connectivity index (χ2n) is 7.26. The number of nitrogens with zero attached hydrogens (tertiary/aromatic N) is 5. The van der Waals surface area contributed by atoms with Crippen LogP contribution in [0.25, 0.3) is 11.0 Å². The Bertz CT molecular complexity index is 1310. The van der Waals surface area contributed by atoms with E-state index in [1.165, 1.54) is 4.57 Å². The highest BCUT2D eigenvalue weighted by Crippen LogP contribution is 2.31. The Kier molecular flexibility index (Phi) is 5.73. The topological polar surface area (TPSA) is 94.9 Å². The van der Waals surface area contributed by atoms with Crippen LogP contribution in [0, 0.1) is 22.7 Å². The molecule has 2 aromatic heterocycles. The lowest BCUT2D eigenvalue weighted by molar-refractivity contribution is 0.171. The molecular weight excluding hydrogens is 437 g/mol. The number of piperidine rings is 1. The Morgan fingerprint density at radius 1 is 1.13 bits per heavy atom. The summed E-state index contributed by atoms with van der Waals surface area (Å²) in [4.78, 5) is 19.2. The maximum Gasteiger partial charge on any atom is 0.270 e. The quantitative estimate of drug-likeness (QED) is 0.555. The van der Waals surface area contributed by atoms with Gasteiger partial charge >= 0.3 is 0 Å². The first-order valence-corrected chi connectivity index (χ1v) is 10.4. The average Bonchev–Trinajstić information content (AvgIpc) is 2.77. The van der Waals surface area contributed by atoms with Crippen LogP contribution in [0.1, 0.15) is 24.0 Å². The number of aryl methyl sites for hydroxylation is 1. The van der Waals surface area contributed by atoms with Crippen LogP contribution in [-0.2, 0) is 7.05 Å². The van der Waals surface area contributed by atoms with Crippen LogP contribution in [0.3, 0.4) is 0 Å². The number of benzene rings is 1.